The standard InChI is InChI=1S/C29H40N4O4/c1-9-33-28(35)32-16-22-14-21(17-36-7)15-24(37-8)26(22)18(2)12-25(32)29(33,5)10-11-31(6)27(34)23-13-19(3)30-20(23)4/h12-15,18,30H,9-11,16-17H2,1-8H3. The lowest BCUT2D eigenvalue weighted by atomic mass is 9.88. The number of H-pyrrole nitrogens is 1. The average Bonchev–Trinajstić information content (AvgIpc) is 3.22. The van der Waals surface area contributed by atoms with Crippen molar-refractivity contribution in [2.45, 2.75) is 65.6 Å². The predicted octanol–water partition coefficient (Wildman–Crippen LogP) is 4.97. The van der Waals surface area contributed by atoms with Crippen LogP contribution in [-0.4, -0.2) is 71.5 Å². The molecule has 0 aliphatic carbocycles. The molecule has 200 valence electrons. The van der Waals surface area contributed by atoms with Crippen LogP contribution in [-0.2, 0) is 17.9 Å². The summed E-state index contributed by atoms with van der Waals surface area (Å²) in [6.07, 6.45) is 2.84. The van der Waals surface area contributed by atoms with Crippen LogP contribution in [0.5, 0.6) is 5.75 Å². The number of carbonyl (C=O) groups excluding carboxylic acids is 2. The minimum atomic E-state index is -0.539. The number of urea groups is 1. The van der Waals surface area contributed by atoms with Crippen LogP contribution >= 0.6 is 0 Å². The number of allylic oxidation sites excluding steroid dienone is 1. The van der Waals surface area contributed by atoms with Gasteiger partial charge >= 0.3 is 6.03 Å². The van der Waals surface area contributed by atoms with Gasteiger partial charge in [0.2, 0.25) is 0 Å². The predicted molar refractivity (Wildman–Crippen MR) is 144 cm³/mol. The SMILES string of the molecule is CCN1C(=O)N2Cc3cc(COC)cc(OC)c3C(C)C=C2C1(C)CCN(C)C(=O)c1cc(C)[nH]c1C. The summed E-state index contributed by atoms with van der Waals surface area (Å²) in [5, 5.41) is 0. The first-order valence-electron chi connectivity index (χ1n) is 13.0. The molecular formula is C29H40N4O4. The van der Waals surface area contributed by atoms with Gasteiger partial charge < -0.3 is 24.3 Å². The number of hydrogen-bond donors (Lipinski definition) is 1. The average molecular weight is 509 g/mol. The van der Waals surface area contributed by atoms with E-state index in [1.807, 2.05) is 49.8 Å². The quantitative estimate of drug-likeness (QED) is 0.546. The van der Waals surface area contributed by atoms with Crippen LogP contribution in [0.1, 0.15) is 71.5 Å². The Labute approximate surface area is 220 Å². The Balaban J connectivity index is 1.66. The monoisotopic (exact) mass is 508 g/mol. The number of rotatable bonds is 8. The van der Waals surface area contributed by atoms with Gasteiger partial charge in [0.15, 0.2) is 0 Å². The fourth-order valence-electron chi connectivity index (χ4n) is 6.00. The molecule has 2 unspecified atom stereocenters. The van der Waals surface area contributed by atoms with Gasteiger partial charge in [0.05, 0.1) is 31.4 Å². The van der Waals surface area contributed by atoms with Gasteiger partial charge in [0.1, 0.15) is 5.75 Å². The molecule has 1 saturated heterocycles. The lowest BCUT2D eigenvalue weighted by Crippen LogP contribution is -2.46. The Kier molecular flexibility index (Phi) is 7.42. The van der Waals surface area contributed by atoms with Gasteiger partial charge in [-0.3, -0.25) is 9.69 Å². The van der Waals surface area contributed by atoms with E-state index in [0.717, 1.165) is 39.5 Å². The van der Waals surface area contributed by atoms with Crippen molar-refractivity contribution in [1.29, 1.82) is 0 Å². The van der Waals surface area contributed by atoms with Crippen LogP contribution in [0.15, 0.2) is 30.0 Å². The summed E-state index contributed by atoms with van der Waals surface area (Å²) in [5.41, 5.74) is 6.19. The topological polar surface area (TPSA) is 78.1 Å². The van der Waals surface area contributed by atoms with E-state index in [-0.39, 0.29) is 17.9 Å². The van der Waals surface area contributed by atoms with Gasteiger partial charge in [-0.25, -0.2) is 4.79 Å². The molecule has 1 aromatic heterocycles. The van der Waals surface area contributed by atoms with Gasteiger partial charge in [-0.15, -0.1) is 0 Å². The number of hydrogen-bond acceptors (Lipinski definition) is 4. The van der Waals surface area contributed by atoms with Crippen LogP contribution in [0.2, 0.25) is 0 Å². The minimum Gasteiger partial charge on any atom is -0.496 e. The highest BCUT2D eigenvalue weighted by molar-refractivity contribution is 5.95. The summed E-state index contributed by atoms with van der Waals surface area (Å²) in [7, 11) is 5.20. The third kappa shape index (κ3) is 4.63. The summed E-state index contributed by atoms with van der Waals surface area (Å²) < 4.78 is 11.2. The minimum absolute atomic E-state index is 0.00139. The van der Waals surface area contributed by atoms with E-state index in [1.165, 1.54) is 0 Å². The third-order valence-electron chi connectivity index (χ3n) is 7.89. The molecule has 8 heteroatoms. The molecule has 37 heavy (non-hydrogen) atoms. The molecule has 1 N–H and O–H groups in total. The number of aromatic amines is 1. The molecule has 2 atom stereocenters. The van der Waals surface area contributed by atoms with Crippen molar-refractivity contribution in [3.05, 3.63) is 63.6 Å². The van der Waals surface area contributed by atoms with E-state index >= 15 is 0 Å². The van der Waals surface area contributed by atoms with Crippen molar-refractivity contribution in [1.82, 2.24) is 19.7 Å². The van der Waals surface area contributed by atoms with E-state index in [9.17, 15) is 9.59 Å². The number of carbonyl (C=O) groups is 2. The fraction of sp³-hybridized carbons (Fsp3) is 0.517. The zero-order chi connectivity index (χ0) is 27.1. The summed E-state index contributed by atoms with van der Waals surface area (Å²) in [4.78, 5) is 35.7. The molecule has 8 nitrogen and oxygen atoms in total. The number of benzene rings is 1. The Bertz CT molecular complexity index is 1230. The number of aryl methyl sites for hydroxylation is 2. The van der Waals surface area contributed by atoms with Crippen molar-refractivity contribution in [2.24, 2.45) is 0 Å². The zero-order valence-corrected chi connectivity index (χ0v) is 23.4. The van der Waals surface area contributed by atoms with Crippen LogP contribution in [0.3, 0.4) is 0 Å². The first-order chi connectivity index (χ1) is 17.5. The highest BCUT2D eigenvalue weighted by atomic mass is 16.5. The molecule has 2 aromatic rings. The normalized spacial score (nSPS) is 20.9. The van der Waals surface area contributed by atoms with E-state index in [2.05, 4.69) is 31.0 Å². The van der Waals surface area contributed by atoms with Crippen molar-refractivity contribution >= 4 is 11.9 Å². The number of nitrogens with one attached hydrogen (secondary N) is 1. The number of ether oxygens (including phenoxy) is 2. The van der Waals surface area contributed by atoms with E-state index < -0.39 is 5.54 Å². The van der Waals surface area contributed by atoms with Gasteiger partial charge in [-0.1, -0.05) is 19.1 Å². The number of methoxy groups -OCH3 is 2. The Morgan fingerprint density at radius 2 is 1.97 bits per heavy atom. The van der Waals surface area contributed by atoms with Gasteiger partial charge in [0, 0.05) is 55.8 Å². The van der Waals surface area contributed by atoms with Crippen molar-refractivity contribution in [2.75, 3.05) is 34.4 Å². The van der Waals surface area contributed by atoms with Gasteiger partial charge in [-0.05, 0) is 57.4 Å². The molecule has 0 spiro atoms. The van der Waals surface area contributed by atoms with E-state index in [0.29, 0.717) is 38.2 Å². The van der Waals surface area contributed by atoms with Crippen LogP contribution < -0.4 is 4.74 Å². The van der Waals surface area contributed by atoms with Crippen molar-refractivity contribution in [3.63, 3.8) is 0 Å². The molecule has 1 fully saturated rings. The summed E-state index contributed by atoms with van der Waals surface area (Å²) >= 11 is 0. The number of fused-ring (bicyclic) bond motifs is 2. The fourth-order valence-corrected chi connectivity index (χ4v) is 6.00. The van der Waals surface area contributed by atoms with Crippen molar-refractivity contribution < 1.29 is 19.1 Å². The maximum atomic E-state index is 13.7. The Hall–Kier alpha value is -3.26. The molecule has 4 rings (SSSR count). The lowest BCUT2D eigenvalue weighted by Gasteiger charge is -2.35. The van der Waals surface area contributed by atoms with Crippen molar-refractivity contribution in [3.8, 4) is 5.75 Å². The molecule has 3 amide bonds. The molecule has 3 heterocycles. The van der Waals surface area contributed by atoms with Gasteiger partial charge in [0.25, 0.3) is 5.91 Å². The molecule has 2 aliphatic heterocycles. The maximum Gasteiger partial charge on any atom is 0.325 e. The number of nitrogens with zero attached hydrogens (tertiary/aromatic N) is 3. The van der Waals surface area contributed by atoms with E-state index in [4.69, 9.17) is 9.47 Å². The lowest BCUT2D eigenvalue weighted by molar-refractivity contribution is 0.0772. The molecule has 1 aromatic carbocycles. The molecule has 0 radical (unpaired) electrons. The summed E-state index contributed by atoms with van der Waals surface area (Å²) in [6.45, 7) is 12.2. The Morgan fingerprint density at radius 1 is 1.24 bits per heavy atom. The number of likely N-dealkylation sites (N-methyl/N-ethyl adjacent to an activating group) is 1. The molecule has 0 saturated carbocycles. The third-order valence-corrected chi connectivity index (χ3v) is 7.89. The molecule has 0 bridgehead atoms. The smallest absolute Gasteiger partial charge is 0.325 e. The van der Waals surface area contributed by atoms with Crippen LogP contribution in [0.25, 0.3) is 0 Å². The first kappa shape index (κ1) is 26.8. The maximum absolute atomic E-state index is 13.7. The highest BCUT2D eigenvalue weighted by Gasteiger charge is 2.51. The largest absolute Gasteiger partial charge is 0.496 e. The summed E-state index contributed by atoms with van der Waals surface area (Å²) in [5.74, 6) is 0.857. The number of aromatic nitrogens is 1. The summed E-state index contributed by atoms with van der Waals surface area (Å²) in [6, 6.07) is 6.05. The van der Waals surface area contributed by atoms with Crippen LogP contribution in [0, 0.1) is 13.8 Å². The Morgan fingerprint density at radius 3 is 2.57 bits per heavy atom. The highest BCUT2D eigenvalue weighted by Crippen LogP contribution is 2.45. The number of amides is 3. The van der Waals surface area contributed by atoms with Crippen LogP contribution in [0.4, 0.5) is 4.79 Å². The molecule has 2 aliphatic rings. The van der Waals surface area contributed by atoms with Gasteiger partial charge in [-0.2, -0.15) is 0 Å². The zero-order valence-electron chi connectivity index (χ0n) is 23.4. The molecular weight excluding hydrogens is 468 g/mol. The second-order valence-corrected chi connectivity index (χ2v) is 10.5. The first-order valence-corrected chi connectivity index (χ1v) is 13.0. The second kappa shape index (κ2) is 10.2. The van der Waals surface area contributed by atoms with E-state index in [1.54, 1.807) is 19.1 Å². The second-order valence-electron chi connectivity index (χ2n) is 10.5.